The highest BCUT2D eigenvalue weighted by atomic mass is 15.3. The Balaban J connectivity index is 1.83. The minimum absolute atomic E-state index is 0.541. The molecule has 0 bridgehead atoms. The first kappa shape index (κ1) is 15.0. The second-order valence-corrected chi connectivity index (χ2v) is 5.78. The van der Waals surface area contributed by atoms with Crippen molar-refractivity contribution >= 4 is 5.95 Å². The summed E-state index contributed by atoms with van der Waals surface area (Å²) in [4.78, 5) is 18.1. The van der Waals surface area contributed by atoms with Crippen LogP contribution in [0.5, 0.6) is 0 Å². The van der Waals surface area contributed by atoms with Gasteiger partial charge in [-0.2, -0.15) is 0 Å². The molecule has 0 amide bonds. The normalized spacial score (nSPS) is 18.3. The van der Waals surface area contributed by atoms with E-state index in [1.807, 2.05) is 12.3 Å². The Bertz CT molecular complexity index is 577. The number of hydrogen-bond donors (Lipinski definition) is 0. The Morgan fingerprint density at radius 2 is 1.86 bits per heavy atom. The molecule has 0 radical (unpaired) electrons. The number of nitrogens with zero attached hydrogens (tertiary/aromatic N) is 6. The Morgan fingerprint density at radius 1 is 1.09 bits per heavy atom. The van der Waals surface area contributed by atoms with Crippen molar-refractivity contribution in [2.45, 2.75) is 26.9 Å². The summed E-state index contributed by atoms with van der Waals surface area (Å²) < 4.78 is 2.27. The molecule has 118 valence electrons. The van der Waals surface area contributed by atoms with E-state index in [9.17, 15) is 0 Å². The average molecular weight is 300 g/mol. The summed E-state index contributed by atoms with van der Waals surface area (Å²) >= 11 is 0. The van der Waals surface area contributed by atoms with Crippen molar-refractivity contribution in [1.29, 1.82) is 0 Å². The molecule has 2 aromatic heterocycles. The summed E-state index contributed by atoms with van der Waals surface area (Å²) in [5.41, 5.74) is 0. The lowest BCUT2D eigenvalue weighted by atomic mass is 10.1. The molecule has 1 aliphatic rings. The van der Waals surface area contributed by atoms with Gasteiger partial charge < -0.3 is 14.4 Å². The molecule has 2 aromatic rings. The fourth-order valence-corrected chi connectivity index (χ4v) is 3.11. The van der Waals surface area contributed by atoms with Gasteiger partial charge in [-0.15, -0.1) is 0 Å². The Kier molecular flexibility index (Phi) is 4.68. The lowest BCUT2D eigenvalue weighted by molar-refractivity contribution is 0.241. The smallest absolute Gasteiger partial charge is 0.225 e. The van der Waals surface area contributed by atoms with E-state index in [0.29, 0.717) is 5.92 Å². The first-order valence-corrected chi connectivity index (χ1v) is 8.04. The molecule has 0 saturated carbocycles. The quantitative estimate of drug-likeness (QED) is 0.840. The van der Waals surface area contributed by atoms with Crippen molar-refractivity contribution in [3.63, 3.8) is 0 Å². The van der Waals surface area contributed by atoms with E-state index in [1.54, 1.807) is 12.4 Å². The third-order valence-electron chi connectivity index (χ3n) is 4.31. The molecule has 1 atom stereocenters. The summed E-state index contributed by atoms with van der Waals surface area (Å²) in [5, 5.41) is 0. The highest BCUT2D eigenvalue weighted by molar-refractivity contribution is 5.29. The van der Waals surface area contributed by atoms with Crippen molar-refractivity contribution in [3.8, 4) is 0 Å². The molecule has 22 heavy (non-hydrogen) atoms. The van der Waals surface area contributed by atoms with Gasteiger partial charge >= 0.3 is 0 Å². The number of aromatic nitrogens is 4. The molecular formula is C16H24N6. The molecule has 6 heteroatoms. The van der Waals surface area contributed by atoms with E-state index in [2.05, 4.69) is 49.4 Å². The lowest BCUT2D eigenvalue weighted by Gasteiger charge is -2.28. The zero-order chi connectivity index (χ0) is 15.4. The minimum Gasteiger partial charge on any atom is -0.333 e. The predicted molar refractivity (Wildman–Crippen MR) is 86.6 cm³/mol. The molecule has 0 aromatic carbocycles. The number of fused-ring (bicyclic) bond motifs is 1. The van der Waals surface area contributed by atoms with Crippen molar-refractivity contribution in [2.75, 3.05) is 31.1 Å². The highest BCUT2D eigenvalue weighted by Gasteiger charge is 2.24. The SMILES string of the molecule is CCN(CC)C[C@H]1CN(c2ncccn2)Cc2nccn2C1. The standard InChI is InChI=1S/C16H24N6/c1-3-20(4-2)10-14-11-21-9-8-17-15(21)13-22(12-14)16-18-6-5-7-19-16/h5-9,14H,3-4,10-13H2,1-2H3/t14-/m1/s1. The van der Waals surface area contributed by atoms with Crippen LogP contribution in [-0.2, 0) is 13.1 Å². The summed E-state index contributed by atoms with van der Waals surface area (Å²) in [6.07, 6.45) is 7.58. The summed E-state index contributed by atoms with van der Waals surface area (Å²) in [7, 11) is 0. The van der Waals surface area contributed by atoms with Gasteiger partial charge in [0.25, 0.3) is 0 Å². The molecule has 0 aliphatic carbocycles. The molecule has 6 nitrogen and oxygen atoms in total. The Hall–Kier alpha value is -1.95. The number of imidazole rings is 1. The van der Waals surface area contributed by atoms with E-state index in [0.717, 1.165) is 51.0 Å². The van der Waals surface area contributed by atoms with E-state index < -0.39 is 0 Å². The second-order valence-electron chi connectivity index (χ2n) is 5.78. The maximum atomic E-state index is 4.50. The van der Waals surface area contributed by atoms with Gasteiger partial charge in [0, 0.05) is 50.3 Å². The van der Waals surface area contributed by atoms with Crippen LogP contribution >= 0.6 is 0 Å². The van der Waals surface area contributed by atoms with Gasteiger partial charge in [0.15, 0.2) is 0 Å². The van der Waals surface area contributed by atoms with Crippen LogP contribution < -0.4 is 4.90 Å². The van der Waals surface area contributed by atoms with Crippen LogP contribution in [0.25, 0.3) is 0 Å². The molecule has 0 saturated heterocycles. The maximum absolute atomic E-state index is 4.50. The van der Waals surface area contributed by atoms with Crippen LogP contribution in [0.2, 0.25) is 0 Å². The topological polar surface area (TPSA) is 50.1 Å². The molecule has 0 N–H and O–H groups in total. The molecule has 0 unspecified atom stereocenters. The first-order chi connectivity index (χ1) is 10.8. The van der Waals surface area contributed by atoms with Gasteiger partial charge in [0.1, 0.15) is 5.82 Å². The van der Waals surface area contributed by atoms with Crippen molar-refractivity contribution in [1.82, 2.24) is 24.4 Å². The van der Waals surface area contributed by atoms with Gasteiger partial charge in [-0.25, -0.2) is 15.0 Å². The summed E-state index contributed by atoms with van der Waals surface area (Å²) in [6.45, 7) is 10.5. The van der Waals surface area contributed by atoms with Crippen molar-refractivity contribution in [2.24, 2.45) is 5.92 Å². The number of rotatable bonds is 5. The maximum Gasteiger partial charge on any atom is 0.225 e. The van der Waals surface area contributed by atoms with Crippen LogP contribution in [0, 0.1) is 5.92 Å². The van der Waals surface area contributed by atoms with Gasteiger partial charge in [0.2, 0.25) is 5.95 Å². The van der Waals surface area contributed by atoms with E-state index >= 15 is 0 Å². The van der Waals surface area contributed by atoms with Crippen molar-refractivity contribution in [3.05, 3.63) is 36.7 Å². The Labute approximate surface area is 131 Å². The van der Waals surface area contributed by atoms with Crippen molar-refractivity contribution < 1.29 is 0 Å². The van der Waals surface area contributed by atoms with Crippen LogP contribution in [0.3, 0.4) is 0 Å². The molecule has 1 aliphatic heterocycles. The Morgan fingerprint density at radius 3 is 2.59 bits per heavy atom. The molecule has 3 heterocycles. The molecule has 0 spiro atoms. The van der Waals surface area contributed by atoms with Crippen LogP contribution in [-0.4, -0.2) is 50.6 Å². The largest absolute Gasteiger partial charge is 0.333 e. The predicted octanol–water partition coefficient (Wildman–Crippen LogP) is 1.65. The van der Waals surface area contributed by atoms with Crippen LogP contribution in [0.15, 0.2) is 30.9 Å². The monoisotopic (exact) mass is 300 g/mol. The fourth-order valence-electron chi connectivity index (χ4n) is 3.11. The van der Waals surface area contributed by atoms with Crippen LogP contribution in [0.1, 0.15) is 19.7 Å². The summed E-state index contributed by atoms with van der Waals surface area (Å²) in [5.74, 6) is 2.43. The van der Waals surface area contributed by atoms with Gasteiger partial charge in [0.05, 0.1) is 6.54 Å². The van der Waals surface area contributed by atoms with E-state index in [4.69, 9.17) is 0 Å². The zero-order valence-corrected chi connectivity index (χ0v) is 13.4. The summed E-state index contributed by atoms with van der Waals surface area (Å²) in [6, 6.07) is 1.86. The lowest BCUT2D eigenvalue weighted by Crippen LogP contribution is -2.37. The number of anilines is 1. The fraction of sp³-hybridized carbons (Fsp3) is 0.562. The van der Waals surface area contributed by atoms with Gasteiger partial charge in [-0.1, -0.05) is 13.8 Å². The molecule has 3 rings (SSSR count). The minimum atomic E-state index is 0.541. The zero-order valence-electron chi connectivity index (χ0n) is 13.4. The number of hydrogen-bond acceptors (Lipinski definition) is 5. The first-order valence-electron chi connectivity index (χ1n) is 8.04. The third kappa shape index (κ3) is 3.27. The van der Waals surface area contributed by atoms with E-state index in [-0.39, 0.29) is 0 Å². The molecular weight excluding hydrogens is 276 g/mol. The van der Waals surface area contributed by atoms with Gasteiger partial charge in [-0.05, 0) is 19.2 Å². The third-order valence-corrected chi connectivity index (χ3v) is 4.31. The van der Waals surface area contributed by atoms with E-state index in [1.165, 1.54) is 0 Å². The van der Waals surface area contributed by atoms with Gasteiger partial charge in [-0.3, -0.25) is 0 Å². The second kappa shape index (κ2) is 6.87. The highest BCUT2D eigenvalue weighted by Crippen LogP contribution is 2.19. The average Bonchev–Trinajstić information content (AvgIpc) is 2.92. The van der Waals surface area contributed by atoms with Crippen LogP contribution in [0.4, 0.5) is 5.95 Å². The molecule has 0 fully saturated rings.